The average molecular weight is 235 g/mol. The molecule has 0 saturated heterocycles. The van der Waals surface area contributed by atoms with Gasteiger partial charge in [-0.1, -0.05) is 19.8 Å². The molecule has 0 aliphatic heterocycles. The first-order valence-corrected chi connectivity index (χ1v) is 5.76. The highest BCUT2D eigenvalue weighted by molar-refractivity contribution is 5.95. The van der Waals surface area contributed by atoms with E-state index >= 15 is 0 Å². The van der Waals surface area contributed by atoms with Crippen LogP contribution in [0.5, 0.6) is 0 Å². The Balaban J connectivity index is 2.49. The number of carboxylic acid groups (broad SMARTS) is 1. The highest BCUT2D eigenvalue weighted by Gasteiger charge is 2.06. The third-order valence-corrected chi connectivity index (χ3v) is 2.46. The maximum atomic E-state index is 11.6. The first-order chi connectivity index (χ1) is 8.15. The molecule has 0 atom stereocenters. The Labute approximate surface area is 101 Å². The molecule has 4 heteroatoms. The molecule has 4 nitrogen and oxygen atoms in total. The van der Waals surface area contributed by atoms with Gasteiger partial charge in [-0.15, -0.1) is 0 Å². The van der Waals surface area contributed by atoms with Crippen molar-refractivity contribution in [3.05, 3.63) is 35.4 Å². The van der Waals surface area contributed by atoms with Crippen LogP contribution >= 0.6 is 0 Å². The summed E-state index contributed by atoms with van der Waals surface area (Å²) in [5, 5.41) is 11.5. The predicted octanol–water partition coefficient (Wildman–Crippen LogP) is 2.30. The molecule has 0 aliphatic carbocycles. The minimum Gasteiger partial charge on any atom is -0.478 e. The van der Waals surface area contributed by atoms with Gasteiger partial charge in [0.15, 0.2) is 0 Å². The van der Waals surface area contributed by atoms with Crippen LogP contribution in [0.2, 0.25) is 0 Å². The molecule has 0 spiro atoms. The lowest BCUT2D eigenvalue weighted by molar-refractivity contribution is 0.0696. The number of unbranched alkanes of at least 4 members (excludes halogenated alkanes) is 2. The zero-order valence-electron chi connectivity index (χ0n) is 9.90. The fourth-order valence-corrected chi connectivity index (χ4v) is 1.44. The van der Waals surface area contributed by atoms with E-state index < -0.39 is 5.97 Å². The molecule has 17 heavy (non-hydrogen) atoms. The molecule has 0 bridgehead atoms. The summed E-state index contributed by atoms with van der Waals surface area (Å²) in [6, 6.07) is 5.92. The molecule has 1 rings (SSSR count). The van der Waals surface area contributed by atoms with Gasteiger partial charge in [0, 0.05) is 12.1 Å². The summed E-state index contributed by atoms with van der Waals surface area (Å²) < 4.78 is 0. The summed E-state index contributed by atoms with van der Waals surface area (Å²) in [4.78, 5) is 22.3. The van der Waals surface area contributed by atoms with Crippen LogP contribution in [-0.2, 0) is 0 Å². The summed E-state index contributed by atoms with van der Waals surface area (Å²) in [7, 11) is 0. The van der Waals surface area contributed by atoms with Crippen LogP contribution in [0.4, 0.5) is 0 Å². The summed E-state index contributed by atoms with van der Waals surface area (Å²) in [6.07, 6.45) is 3.18. The van der Waals surface area contributed by atoms with E-state index in [0.717, 1.165) is 19.3 Å². The largest absolute Gasteiger partial charge is 0.478 e. The third kappa shape index (κ3) is 4.26. The van der Waals surface area contributed by atoms with Crippen LogP contribution in [0, 0.1) is 0 Å². The molecule has 0 radical (unpaired) electrons. The molecule has 1 amide bonds. The summed E-state index contributed by atoms with van der Waals surface area (Å²) >= 11 is 0. The van der Waals surface area contributed by atoms with Gasteiger partial charge in [0.2, 0.25) is 0 Å². The van der Waals surface area contributed by atoms with E-state index in [0.29, 0.717) is 12.1 Å². The van der Waals surface area contributed by atoms with Gasteiger partial charge in [0.05, 0.1) is 5.56 Å². The van der Waals surface area contributed by atoms with Gasteiger partial charge in [0.25, 0.3) is 5.91 Å². The molecule has 0 aliphatic rings. The van der Waals surface area contributed by atoms with Gasteiger partial charge in [-0.3, -0.25) is 4.79 Å². The SMILES string of the molecule is CCCCCNC(=O)c1ccc(C(=O)O)cc1. The van der Waals surface area contributed by atoms with E-state index in [-0.39, 0.29) is 11.5 Å². The van der Waals surface area contributed by atoms with Gasteiger partial charge in [-0.25, -0.2) is 4.79 Å². The van der Waals surface area contributed by atoms with Gasteiger partial charge >= 0.3 is 5.97 Å². The van der Waals surface area contributed by atoms with Crippen molar-refractivity contribution in [2.75, 3.05) is 6.54 Å². The Bertz CT molecular complexity index is 384. The Morgan fingerprint density at radius 3 is 2.24 bits per heavy atom. The second-order valence-corrected chi connectivity index (χ2v) is 3.85. The summed E-state index contributed by atoms with van der Waals surface area (Å²) in [6.45, 7) is 2.76. The smallest absolute Gasteiger partial charge is 0.335 e. The van der Waals surface area contributed by atoms with Crippen molar-refractivity contribution in [2.45, 2.75) is 26.2 Å². The molecular weight excluding hydrogens is 218 g/mol. The Kier molecular flexibility index (Phi) is 5.20. The van der Waals surface area contributed by atoms with Crippen LogP contribution in [0.1, 0.15) is 46.9 Å². The van der Waals surface area contributed by atoms with Crippen LogP contribution in [0.15, 0.2) is 24.3 Å². The Hall–Kier alpha value is -1.84. The molecule has 92 valence electrons. The van der Waals surface area contributed by atoms with Crippen molar-refractivity contribution in [3.8, 4) is 0 Å². The standard InChI is InChI=1S/C13H17NO3/c1-2-3-4-9-14-12(15)10-5-7-11(8-6-10)13(16)17/h5-8H,2-4,9H2,1H3,(H,14,15)(H,16,17). The lowest BCUT2D eigenvalue weighted by atomic mass is 10.1. The fraction of sp³-hybridized carbons (Fsp3) is 0.385. The topological polar surface area (TPSA) is 66.4 Å². The van der Waals surface area contributed by atoms with Gasteiger partial charge in [0.1, 0.15) is 0 Å². The Morgan fingerprint density at radius 1 is 1.12 bits per heavy atom. The third-order valence-electron chi connectivity index (χ3n) is 2.46. The minimum atomic E-state index is -0.986. The molecule has 0 unspecified atom stereocenters. The van der Waals surface area contributed by atoms with Crippen molar-refractivity contribution < 1.29 is 14.7 Å². The quantitative estimate of drug-likeness (QED) is 0.743. The second-order valence-electron chi connectivity index (χ2n) is 3.85. The van der Waals surface area contributed by atoms with E-state index in [1.54, 1.807) is 0 Å². The van der Waals surface area contributed by atoms with E-state index in [2.05, 4.69) is 12.2 Å². The fourth-order valence-electron chi connectivity index (χ4n) is 1.44. The molecule has 0 saturated carbocycles. The summed E-state index contributed by atoms with van der Waals surface area (Å²) in [5.41, 5.74) is 0.680. The maximum Gasteiger partial charge on any atom is 0.335 e. The Morgan fingerprint density at radius 2 is 1.71 bits per heavy atom. The van der Waals surface area contributed by atoms with Crippen LogP contribution in [-0.4, -0.2) is 23.5 Å². The zero-order valence-corrected chi connectivity index (χ0v) is 9.90. The zero-order chi connectivity index (χ0) is 12.7. The van der Waals surface area contributed by atoms with E-state index in [4.69, 9.17) is 5.11 Å². The van der Waals surface area contributed by atoms with Crippen LogP contribution in [0.3, 0.4) is 0 Å². The number of nitrogens with one attached hydrogen (secondary N) is 1. The van der Waals surface area contributed by atoms with Crippen molar-refractivity contribution in [2.24, 2.45) is 0 Å². The first-order valence-electron chi connectivity index (χ1n) is 5.76. The summed E-state index contributed by atoms with van der Waals surface area (Å²) in [5.74, 6) is -1.14. The van der Waals surface area contributed by atoms with Crippen molar-refractivity contribution in [1.29, 1.82) is 0 Å². The van der Waals surface area contributed by atoms with Gasteiger partial charge in [-0.05, 0) is 30.7 Å². The number of amides is 1. The molecule has 0 heterocycles. The molecule has 0 fully saturated rings. The minimum absolute atomic E-state index is 0.155. The molecule has 1 aromatic carbocycles. The van der Waals surface area contributed by atoms with Gasteiger partial charge < -0.3 is 10.4 Å². The molecular formula is C13H17NO3. The number of benzene rings is 1. The van der Waals surface area contributed by atoms with E-state index in [9.17, 15) is 9.59 Å². The van der Waals surface area contributed by atoms with Crippen LogP contribution < -0.4 is 5.32 Å². The van der Waals surface area contributed by atoms with Crippen LogP contribution in [0.25, 0.3) is 0 Å². The molecule has 1 aromatic rings. The average Bonchev–Trinajstić information content (AvgIpc) is 2.34. The predicted molar refractivity (Wildman–Crippen MR) is 65.3 cm³/mol. The number of carbonyl (C=O) groups excluding carboxylic acids is 1. The highest BCUT2D eigenvalue weighted by Crippen LogP contribution is 2.04. The maximum absolute atomic E-state index is 11.6. The number of hydrogen-bond acceptors (Lipinski definition) is 2. The van der Waals surface area contributed by atoms with E-state index in [1.807, 2.05) is 0 Å². The van der Waals surface area contributed by atoms with Crippen molar-refractivity contribution in [1.82, 2.24) is 5.32 Å². The molecule has 2 N–H and O–H groups in total. The van der Waals surface area contributed by atoms with Crippen molar-refractivity contribution in [3.63, 3.8) is 0 Å². The number of aromatic carboxylic acids is 1. The highest BCUT2D eigenvalue weighted by atomic mass is 16.4. The number of carboxylic acids is 1. The van der Waals surface area contributed by atoms with Crippen molar-refractivity contribution >= 4 is 11.9 Å². The van der Waals surface area contributed by atoms with Gasteiger partial charge in [-0.2, -0.15) is 0 Å². The van der Waals surface area contributed by atoms with E-state index in [1.165, 1.54) is 24.3 Å². The normalized spacial score (nSPS) is 9.94. The number of rotatable bonds is 6. The monoisotopic (exact) mass is 235 g/mol. The second kappa shape index (κ2) is 6.68. The molecule has 0 aromatic heterocycles. The number of hydrogen-bond donors (Lipinski definition) is 2. The lowest BCUT2D eigenvalue weighted by Gasteiger charge is -2.04. The number of carbonyl (C=O) groups is 2. The first kappa shape index (κ1) is 13.2. The lowest BCUT2D eigenvalue weighted by Crippen LogP contribution is -2.24.